The van der Waals surface area contributed by atoms with Crippen molar-refractivity contribution in [2.45, 2.75) is 18.9 Å². The molecular formula is C22H17ClN4OS. The Morgan fingerprint density at radius 2 is 2.03 bits per heavy atom. The van der Waals surface area contributed by atoms with Gasteiger partial charge in [0.1, 0.15) is 6.07 Å². The van der Waals surface area contributed by atoms with Gasteiger partial charge < -0.3 is 5.32 Å². The van der Waals surface area contributed by atoms with Crippen LogP contribution in [0.2, 0.25) is 5.02 Å². The van der Waals surface area contributed by atoms with Crippen LogP contribution in [0.15, 0.2) is 53.6 Å². The van der Waals surface area contributed by atoms with Gasteiger partial charge in [-0.25, -0.2) is 4.98 Å². The normalized spacial score (nSPS) is 11.0. The van der Waals surface area contributed by atoms with Crippen LogP contribution in [0.3, 0.4) is 0 Å². The summed E-state index contributed by atoms with van der Waals surface area (Å²) in [7, 11) is 0. The minimum Gasteiger partial charge on any atom is -0.324 e. The molecule has 1 amide bonds. The minimum absolute atomic E-state index is 0.152. The van der Waals surface area contributed by atoms with Crippen molar-refractivity contribution in [1.82, 2.24) is 9.38 Å². The van der Waals surface area contributed by atoms with Crippen LogP contribution in [0.1, 0.15) is 16.7 Å². The summed E-state index contributed by atoms with van der Waals surface area (Å²) in [5, 5.41) is 13.8. The van der Waals surface area contributed by atoms with Gasteiger partial charge in [0.25, 0.3) is 0 Å². The second-order valence-corrected chi connectivity index (χ2v) is 8.13. The molecule has 4 aromatic rings. The number of nitriles is 1. The number of anilines is 1. The number of fused-ring (bicyclic) bond motifs is 3. The first-order valence-corrected chi connectivity index (χ1v) is 10.3. The van der Waals surface area contributed by atoms with Gasteiger partial charge in [0.2, 0.25) is 5.91 Å². The van der Waals surface area contributed by atoms with E-state index in [0.29, 0.717) is 21.9 Å². The van der Waals surface area contributed by atoms with E-state index in [-0.39, 0.29) is 11.7 Å². The molecule has 0 fully saturated rings. The molecule has 0 saturated heterocycles. The average molecular weight is 421 g/mol. The topological polar surface area (TPSA) is 70.2 Å². The first-order valence-electron chi connectivity index (χ1n) is 8.97. The number of hydrogen-bond donors (Lipinski definition) is 1. The lowest BCUT2D eigenvalue weighted by Gasteiger charge is -2.11. The highest BCUT2D eigenvalue weighted by Crippen LogP contribution is 2.30. The van der Waals surface area contributed by atoms with E-state index in [1.54, 1.807) is 6.07 Å². The van der Waals surface area contributed by atoms with E-state index in [2.05, 4.69) is 16.4 Å². The van der Waals surface area contributed by atoms with Gasteiger partial charge in [0, 0.05) is 0 Å². The van der Waals surface area contributed by atoms with Gasteiger partial charge in [-0.3, -0.25) is 9.20 Å². The van der Waals surface area contributed by atoms with Gasteiger partial charge >= 0.3 is 0 Å². The van der Waals surface area contributed by atoms with Crippen LogP contribution in [0.5, 0.6) is 0 Å². The average Bonchev–Trinajstić information content (AvgIpc) is 3.08. The summed E-state index contributed by atoms with van der Waals surface area (Å²) in [6.07, 6.45) is 0. The molecule has 0 radical (unpaired) electrons. The number of hydrogen-bond acceptors (Lipinski definition) is 4. The summed E-state index contributed by atoms with van der Waals surface area (Å²) in [5.41, 5.74) is 5.33. The maximum atomic E-state index is 12.5. The van der Waals surface area contributed by atoms with Crippen LogP contribution in [-0.2, 0) is 4.79 Å². The molecule has 4 rings (SSSR count). The van der Waals surface area contributed by atoms with Gasteiger partial charge in [0.05, 0.1) is 38.1 Å². The van der Waals surface area contributed by atoms with Crippen molar-refractivity contribution in [3.63, 3.8) is 0 Å². The largest absolute Gasteiger partial charge is 0.324 e. The van der Waals surface area contributed by atoms with Crippen molar-refractivity contribution < 1.29 is 4.79 Å². The van der Waals surface area contributed by atoms with Gasteiger partial charge in [-0.1, -0.05) is 41.6 Å². The molecular weight excluding hydrogens is 404 g/mol. The zero-order chi connectivity index (χ0) is 20.5. The molecule has 2 heterocycles. The van der Waals surface area contributed by atoms with Crippen molar-refractivity contribution in [3.8, 4) is 6.07 Å². The molecule has 0 atom stereocenters. The van der Waals surface area contributed by atoms with E-state index < -0.39 is 0 Å². The number of halogens is 1. The fourth-order valence-electron chi connectivity index (χ4n) is 3.21. The molecule has 29 heavy (non-hydrogen) atoms. The van der Waals surface area contributed by atoms with Crippen molar-refractivity contribution in [1.29, 1.82) is 5.26 Å². The number of thioether (sulfide) groups is 1. The van der Waals surface area contributed by atoms with Crippen molar-refractivity contribution in [2.75, 3.05) is 11.1 Å². The zero-order valence-corrected chi connectivity index (χ0v) is 17.4. The molecule has 2 aromatic heterocycles. The third-order valence-electron chi connectivity index (χ3n) is 4.60. The Labute approximate surface area is 177 Å². The molecule has 0 aliphatic carbocycles. The number of imidazole rings is 1. The summed E-state index contributed by atoms with van der Waals surface area (Å²) in [6.45, 7) is 3.83. The molecule has 5 nitrogen and oxygen atoms in total. The maximum absolute atomic E-state index is 12.5. The van der Waals surface area contributed by atoms with Crippen LogP contribution in [0.4, 0.5) is 5.69 Å². The molecule has 0 saturated carbocycles. The number of para-hydroxylation sites is 2. The Morgan fingerprint density at radius 3 is 2.79 bits per heavy atom. The Bertz CT molecular complexity index is 1310. The fourth-order valence-corrected chi connectivity index (χ4v) is 4.41. The molecule has 2 aromatic carbocycles. The predicted octanol–water partition coefficient (Wildman–Crippen LogP) is 5.36. The maximum Gasteiger partial charge on any atom is 0.234 e. The zero-order valence-electron chi connectivity index (χ0n) is 15.9. The predicted molar refractivity (Wildman–Crippen MR) is 118 cm³/mol. The van der Waals surface area contributed by atoms with Crippen LogP contribution in [-0.4, -0.2) is 21.0 Å². The lowest BCUT2D eigenvalue weighted by atomic mass is 10.2. The van der Waals surface area contributed by atoms with E-state index in [1.807, 2.05) is 60.7 Å². The fraction of sp³-hybridized carbons (Fsp3) is 0.136. The van der Waals surface area contributed by atoms with Crippen LogP contribution in [0.25, 0.3) is 16.7 Å². The second kappa shape index (κ2) is 7.78. The van der Waals surface area contributed by atoms with E-state index in [4.69, 9.17) is 11.6 Å². The highest BCUT2D eigenvalue weighted by Gasteiger charge is 2.16. The Hall–Kier alpha value is -3.01. The molecule has 0 spiro atoms. The molecule has 0 bridgehead atoms. The Kier molecular flexibility index (Phi) is 5.18. The van der Waals surface area contributed by atoms with Crippen molar-refractivity contribution in [2.24, 2.45) is 0 Å². The SMILES string of the molecule is Cc1ccc(NC(=O)CSc2cc(C)c(C#N)c3nc4ccccc4n23)c(Cl)c1. The van der Waals surface area contributed by atoms with Crippen LogP contribution < -0.4 is 5.32 Å². The third kappa shape index (κ3) is 3.67. The molecule has 0 aliphatic rings. The Morgan fingerprint density at radius 1 is 1.24 bits per heavy atom. The van der Waals surface area contributed by atoms with E-state index in [0.717, 1.165) is 27.2 Å². The summed E-state index contributed by atoms with van der Waals surface area (Å²) in [4.78, 5) is 17.1. The van der Waals surface area contributed by atoms with Gasteiger partial charge in [0.15, 0.2) is 5.65 Å². The summed E-state index contributed by atoms with van der Waals surface area (Å²) < 4.78 is 1.94. The number of nitrogens with zero attached hydrogens (tertiary/aromatic N) is 3. The summed E-state index contributed by atoms with van der Waals surface area (Å²) >= 11 is 7.61. The van der Waals surface area contributed by atoms with E-state index >= 15 is 0 Å². The number of nitrogens with one attached hydrogen (secondary N) is 1. The number of aryl methyl sites for hydroxylation is 2. The Balaban J connectivity index is 1.66. The number of rotatable bonds is 4. The van der Waals surface area contributed by atoms with Crippen LogP contribution >= 0.6 is 23.4 Å². The quantitative estimate of drug-likeness (QED) is 0.451. The first kappa shape index (κ1) is 19.3. The highest BCUT2D eigenvalue weighted by molar-refractivity contribution is 7.99. The second-order valence-electron chi connectivity index (χ2n) is 6.73. The van der Waals surface area contributed by atoms with E-state index in [1.165, 1.54) is 11.8 Å². The standard InChI is InChI=1S/C22H17ClN4OS/c1-13-7-8-17(16(23)9-13)25-20(28)12-29-21-10-14(2)15(11-24)22-26-18-5-3-4-6-19(18)27(21)22/h3-10H,12H2,1-2H3,(H,25,28). The van der Waals surface area contributed by atoms with Gasteiger partial charge in [-0.05, 0) is 55.3 Å². The third-order valence-corrected chi connectivity index (χ3v) is 5.92. The van der Waals surface area contributed by atoms with E-state index in [9.17, 15) is 10.1 Å². The smallest absolute Gasteiger partial charge is 0.234 e. The summed E-state index contributed by atoms with van der Waals surface area (Å²) in [6, 6.07) is 17.4. The lowest BCUT2D eigenvalue weighted by molar-refractivity contribution is -0.113. The number of amides is 1. The van der Waals surface area contributed by atoms with Crippen LogP contribution in [0, 0.1) is 25.2 Å². The van der Waals surface area contributed by atoms with Crippen molar-refractivity contribution in [3.05, 3.63) is 70.2 Å². The number of benzene rings is 2. The molecule has 144 valence electrons. The number of aromatic nitrogens is 2. The summed E-state index contributed by atoms with van der Waals surface area (Å²) in [5.74, 6) is 0.0530. The van der Waals surface area contributed by atoms with Crippen molar-refractivity contribution >= 4 is 51.6 Å². The highest BCUT2D eigenvalue weighted by atomic mass is 35.5. The molecule has 0 unspecified atom stereocenters. The van der Waals surface area contributed by atoms with Gasteiger partial charge in [-0.2, -0.15) is 5.26 Å². The molecule has 1 N–H and O–H groups in total. The minimum atomic E-state index is -0.152. The molecule has 0 aliphatic heterocycles. The van der Waals surface area contributed by atoms with Gasteiger partial charge in [-0.15, -0.1) is 0 Å². The number of carbonyl (C=O) groups excluding carboxylic acids is 1. The number of pyridine rings is 1. The monoisotopic (exact) mass is 420 g/mol. The first-order chi connectivity index (χ1) is 14.0. The lowest BCUT2D eigenvalue weighted by Crippen LogP contribution is -2.14. The molecule has 7 heteroatoms. The number of carbonyl (C=O) groups is 1.